The van der Waals surface area contributed by atoms with E-state index in [1.54, 1.807) is 27.7 Å². The Hall–Kier alpha value is -4.53. The third kappa shape index (κ3) is 10.8. The lowest BCUT2D eigenvalue weighted by Crippen LogP contribution is -2.58. The Kier molecular flexibility index (Phi) is 14.2. The second-order valence-electron chi connectivity index (χ2n) is 14.0. The van der Waals surface area contributed by atoms with Crippen LogP contribution in [0.25, 0.3) is 0 Å². The summed E-state index contributed by atoms with van der Waals surface area (Å²) in [5, 5.41) is 5.23. The van der Waals surface area contributed by atoms with Crippen molar-refractivity contribution in [2.24, 2.45) is 11.8 Å². The maximum Gasteiger partial charge on any atom is 0.306 e. The first-order valence-electron chi connectivity index (χ1n) is 17.7. The summed E-state index contributed by atoms with van der Waals surface area (Å²) in [5.41, 5.74) is 0.875. The van der Waals surface area contributed by atoms with E-state index in [0.717, 1.165) is 5.56 Å². The van der Waals surface area contributed by atoms with E-state index in [0.29, 0.717) is 17.9 Å². The van der Waals surface area contributed by atoms with Gasteiger partial charge < -0.3 is 5.32 Å². The van der Waals surface area contributed by atoms with Gasteiger partial charge >= 0.3 is 5.92 Å². The lowest BCUT2D eigenvalue weighted by molar-refractivity contribution is -0.153. The number of nitrogens with zero attached hydrogens (tertiary/aromatic N) is 1. The van der Waals surface area contributed by atoms with Crippen LogP contribution in [-0.4, -0.2) is 73.3 Å². The van der Waals surface area contributed by atoms with Crippen LogP contribution in [0.4, 0.5) is 8.78 Å². The molecule has 11 nitrogen and oxygen atoms in total. The van der Waals surface area contributed by atoms with E-state index in [1.165, 1.54) is 53.4 Å². The molecule has 290 valence electrons. The zero-order valence-electron chi connectivity index (χ0n) is 30.5. The van der Waals surface area contributed by atoms with Crippen molar-refractivity contribution in [2.45, 2.75) is 88.7 Å². The largest absolute Gasteiger partial charge is 0.340 e. The van der Waals surface area contributed by atoms with Crippen LogP contribution in [0.3, 0.4) is 0 Å². The van der Waals surface area contributed by atoms with Crippen molar-refractivity contribution in [3.05, 3.63) is 101 Å². The molecule has 0 aromatic heterocycles. The smallest absolute Gasteiger partial charge is 0.306 e. The molecule has 3 N–H and O–H groups in total. The zero-order valence-corrected chi connectivity index (χ0v) is 32.1. The van der Waals surface area contributed by atoms with Crippen molar-refractivity contribution in [3.63, 3.8) is 0 Å². The molecule has 1 fully saturated rings. The lowest BCUT2D eigenvalue weighted by atomic mass is 9.91. The van der Waals surface area contributed by atoms with Crippen LogP contribution in [0.2, 0.25) is 5.02 Å². The van der Waals surface area contributed by atoms with Gasteiger partial charge in [0.2, 0.25) is 17.6 Å². The number of likely N-dealkylation sites (tertiary alicyclic amines) is 1. The molecule has 3 atom stereocenters. The van der Waals surface area contributed by atoms with E-state index < -0.39 is 81.7 Å². The van der Waals surface area contributed by atoms with E-state index in [4.69, 9.17) is 11.6 Å². The SMILES string of the molecule is CC(C)C(C(=O)C(F)(F)CCCc1ccccc1)N1CCC[C@H]1C(=O)NC(=O)[C@@H](NC(=O)c1ccc(C(=O)NS(=O)(=O)c2ccc(Cl)cc2)cc1)C(C)C. The molecular formula is C39H45ClF2N4O7S. The highest BCUT2D eigenvalue weighted by atomic mass is 35.5. The quantitative estimate of drug-likeness (QED) is 0.170. The maximum absolute atomic E-state index is 15.4. The molecular weight excluding hydrogens is 742 g/mol. The number of carbonyl (C=O) groups excluding carboxylic acids is 5. The number of alkyl halides is 2. The van der Waals surface area contributed by atoms with Gasteiger partial charge in [0.25, 0.3) is 21.8 Å². The number of sulfonamides is 1. The Bertz CT molecular complexity index is 1930. The second kappa shape index (κ2) is 18.2. The molecule has 1 unspecified atom stereocenters. The standard InChI is InChI=1S/C39H45ClF2N4O7S/c1-24(2)32(43-35(48)27-14-16-28(17-15-27)36(49)45-54(52,53)30-20-18-29(40)19-21-30)38(51)44-37(50)31-13-9-23-46(31)33(25(3)4)34(47)39(41,42)22-8-12-26-10-6-5-7-11-26/h5-7,10-11,14-21,24-25,31-33H,8-9,12-13,22-23H2,1-4H3,(H,43,48)(H,45,49)(H,44,50,51)/t31-,32-,33?/m0/s1. The van der Waals surface area contributed by atoms with Crippen molar-refractivity contribution in [1.29, 1.82) is 0 Å². The molecule has 0 radical (unpaired) electrons. The van der Waals surface area contributed by atoms with Crippen LogP contribution in [-0.2, 0) is 30.8 Å². The molecule has 1 saturated heterocycles. The molecule has 0 saturated carbocycles. The van der Waals surface area contributed by atoms with Crippen molar-refractivity contribution in [1.82, 2.24) is 20.3 Å². The summed E-state index contributed by atoms with van der Waals surface area (Å²) < 4.78 is 57.9. The summed E-state index contributed by atoms with van der Waals surface area (Å²) >= 11 is 5.81. The zero-order chi connectivity index (χ0) is 39.8. The molecule has 4 amide bonds. The van der Waals surface area contributed by atoms with Crippen LogP contribution in [0.5, 0.6) is 0 Å². The number of imide groups is 1. The number of nitrogens with one attached hydrogen (secondary N) is 3. The van der Waals surface area contributed by atoms with Crippen LogP contribution < -0.4 is 15.4 Å². The Labute approximate surface area is 319 Å². The molecule has 4 rings (SSSR count). The third-order valence-corrected chi connectivity index (χ3v) is 10.9. The van der Waals surface area contributed by atoms with E-state index >= 15 is 8.78 Å². The third-order valence-electron chi connectivity index (χ3n) is 9.26. The number of aryl methyl sites for hydroxylation is 1. The van der Waals surface area contributed by atoms with Gasteiger partial charge in [-0.1, -0.05) is 69.6 Å². The fourth-order valence-electron chi connectivity index (χ4n) is 6.41. The highest BCUT2D eigenvalue weighted by molar-refractivity contribution is 7.90. The number of hydrogen-bond acceptors (Lipinski definition) is 8. The van der Waals surface area contributed by atoms with Crippen LogP contribution in [0.1, 0.15) is 79.7 Å². The minimum Gasteiger partial charge on any atom is -0.340 e. The number of benzene rings is 3. The van der Waals surface area contributed by atoms with Crippen molar-refractivity contribution in [2.75, 3.05) is 6.54 Å². The first-order chi connectivity index (χ1) is 25.4. The average molecular weight is 787 g/mol. The highest BCUT2D eigenvalue weighted by Crippen LogP contribution is 2.32. The first-order valence-corrected chi connectivity index (χ1v) is 19.6. The molecule has 1 aliphatic heterocycles. The molecule has 15 heteroatoms. The Morgan fingerprint density at radius 3 is 2.02 bits per heavy atom. The van der Waals surface area contributed by atoms with Gasteiger partial charge in [-0.25, -0.2) is 13.1 Å². The Balaban J connectivity index is 1.38. The van der Waals surface area contributed by atoms with Gasteiger partial charge in [0, 0.05) is 22.6 Å². The Morgan fingerprint density at radius 1 is 0.852 bits per heavy atom. The summed E-state index contributed by atoms with van der Waals surface area (Å²) in [4.78, 5) is 67.4. The molecule has 0 spiro atoms. The van der Waals surface area contributed by atoms with Crippen molar-refractivity contribution in [3.8, 4) is 0 Å². The summed E-state index contributed by atoms with van der Waals surface area (Å²) in [5.74, 6) is -9.14. The van der Waals surface area contributed by atoms with Crippen LogP contribution >= 0.6 is 11.6 Å². The number of halogens is 3. The number of carbonyl (C=O) groups is 5. The lowest BCUT2D eigenvalue weighted by Gasteiger charge is -2.36. The average Bonchev–Trinajstić information content (AvgIpc) is 3.60. The molecule has 1 aliphatic rings. The molecule has 0 aliphatic carbocycles. The topological polar surface area (TPSA) is 159 Å². The van der Waals surface area contributed by atoms with Gasteiger partial charge in [0.15, 0.2) is 0 Å². The van der Waals surface area contributed by atoms with Gasteiger partial charge in [-0.05, 0) is 98.2 Å². The van der Waals surface area contributed by atoms with E-state index in [1.807, 2.05) is 35.1 Å². The maximum atomic E-state index is 15.4. The normalized spacial score (nSPS) is 16.1. The fourth-order valence-corrected chi connectivity index (χ4v) is 7.51. The van der Waals surface area contributed by atoms with Crippen molar-refractivity contribution >= 4 is 51.0 Å². The van der Waals surface area contributed by atoms with E-state index in [2.05, 4.69) is 10.6 Å². The summed E-state index contributed by atoms with van der Waals surface area (Å²) in [6.07, 6.45) is 0.554. The molecule has 1 heterocycles. The van der Waals surface area contributed by atoms with Gasteiger partial charge in [-0.15, -0.1) is 0 Å². The number of amides is 4. The van der Waals surface area contributed by atoms with Gasteiger partial charge in [0.05, 0.1) is 17.0 Å². The van der Waals surface area contributed by atoms with Gasteiger partial charge in [-0.3, -0.25) is 34.2 Å². The number of Topliss-reactive ketones (excluding diaryl/α,β-unsaturated/α-hetero) is 1. The van der Waals surface area contributed by atoms with Crippen LogP contribution in [0, 0.1) is 11.8 Å². The molecule has 0 bridgehead atoms. The van der Waals surface area contributed by atoms with Gasteiger partial charge in [-0.2, -0.15) is 8.78 Å². The molecule has 3 aromatic carbocycles. The summed E-state index contributed by atoms with van der Waals surface area (Å²) in [7, 11) is -4.20. The number of hydrogen-bond donors (Lipinski definition) is 3. The summed E-state index contributed by atoms with van der Waals surface area (Å²) in [6.45, 7) is 6.81. The fraction of sp³-hybridized carbons (Fsp3) is 0.410. The summed E-state index contributed by atoms with van der Waals surface area (Å²) in [6, 6.07) is 15.9. The monoisotopic (exact) mass is 786 g/mol. The highest BCUT2D eigenvalue weighted by Gasteiger charge is 2.49. The van der Waals surface area contributed by atoms with E-state index in [9.17, 15) is 32.4 Å². The predicted molar refractivity (Wildman–Crippen MR) is 199 cm³/mol. The second-order valence-corrected chi connectivity index (χ2v) is 16.1. The molecule has 3 aromatic rings. The molecule has 54 heavy (non-hydrogen) atoms. The predicted octanol–water partition coefficient (Wildman–Crippen LogP) is 5.57. The first kappa shape index (κ1) is 42.2. The minimum atomic E-state index is -4.20. The number of rotatable bonds is 16. The van der Waals surface area contributed by atoms with E-state index in [-0.39, 0.29) is 35.4 Å². The van der Waals surface area contributed by atoms with Crippen molar-refractivity contribution < 1.29 is 41.2 Å². The Morgan fingerprint density at radius 2 is 1.44 bits per heavy atom. The minimum absolute atomic E-state index is 0.0434. The number of ketones is 1. The van der Waals surface area contributed by atoms with Crippen LogP contribution in [0.15, 0.2) is 83.8 Å². The van der Waals surface area contributed by atoms with Gasteiger partial charge in [0.1, 0.15) is 6.04 Å².